The molecule has 0 atom stereocenters. The van der Waals surface area contributed by atoms with Crippen LogP contribution in [0.2, 0.25) is 0 Å². The highest BCUT2D eigenvalue weighted by Gasteiger charge is 2.18. The molecule has 0 bridgehead atoms. The molecule has 112 valence electrons. The fourth-order valence-corrected chi connectivity index (χ4v) is 3.59. The molecule has 5 nitrogen and oxygen atoms in total. The summed E-state index contributed by atoms with van der Waals surface area (Å²) in [4.78, 5) is 0.872. The van der Waals surface area contributed by atoms with Gasteiger partial charge in [-0.3, -0.25) is 4.40 Å². The number of benzene rings is 2. The summed E-state index contributed by atoms with van der Waals surface area (Å²) in [6, 6.07) is 16.1. The van der Waals surface area contributed by atoms with E-state index in [9.17, 15) is 0 Å². The number of hydrogen-bond acceptors (Lipinski definition) is 5. The Hall–Kier alpha value is -2.86. The van der Waals surface area contributed by atoms with Gasteiger partial charge in [0.15, 0.2) is 17.3 Å². The molecule has 3 heterocycles. The Kier molecular flexibility index (Phi) is 2.65. The highest BCUT2D eigenvalue weighted by atomic mass is 32.1. The molecular weight excluding hydrogens is 310 g/mol. The fourth-order valence-electron chi connectivity index (χ4n) is 2.75. The van der Waals surface area contributed by atoms with Crippen LogP contribution in [0.4, 0.5) is 0 Å². The van der Waals surface area contributed by atoms with Crippen LogP contribution in [0.1, 0.15) is 0 Å². The van der Waals surface area contributed by atoms with Crippen molar-refractivity contribution in [2.45, 2.75) is 0 Å². The number of rotatable bonds is 2. The van der Waals surface area contributed by atoms with Gasteiger partial charge in [0, 0.05) is 10.9 Å². The van der Waals surface area contributed by atoms with Crippen molar-refractivity contribution in [2.75, 3.05) is 6.79 Å². The normalized spacial score (nSPS) is 12.9. The summed E-state index contributed by atoms with van der Waals surface area (Å²) < 4.78 is 12.9. The second-order valence-corrected chi connectivity index (χ2v) is 6.03. The lowest BCUT2D eigenvalue weighted by Gasteiger charge is -2.04. The summed E-state index contributed by atoms with van der Waals surface area (Å²) in [7, 11) is 0. The van der Waals surface area contributed by atoms with Crippen LogP contribution in [0.25, 0.3) is 27.6 Å². The zero-order valence-electron chi connectivity index (χ0n) is 12.0. The average molecular weight is 321 g/mol. The van der Waals surface area contributed by atoms with Crippen molar-refractivity contribution >= 4 is 16.3 Å². The monoisotopic (exact) mass is 321 g/mol. The summed E-state index contributed by atoms with van der Waals surface area (Å²) in [6.45, 7) is 0.266. The third-order valence-corrected chi connectivity index (χ3v) is 4.67. The van der Waals surface area contributed by atoms with Crippen LogP contribution in [0, 0.1) is 0 Å². The van der Waals surface area contributed by atoms with Gasteiger partial charge in [0.05, 0.1) is 5.69 Å². The van der Waals surface area contributed by atoms with Gasteiger partial charge in [-0.25, -0.2) is 0 Å². The Morgan fingerprint density at radius 3 is 2.70 bits per heavy atom. The first-order valence-electron chi connectivity index (χ1n) is 7.18. The number of hydrogen-bond donors (Lipinski definition) is 0. The van der Waals surface area contributed by atoms with E-state index in [1.165, 1.54) is 0 Å². The molecule has 2 aromatic heterocycles. The minimum Gasteiger partial charge on any atom is -0.454 e. The molecule has 0 saturated heterocycles. The summed E-state index contributed by atoms with van der Waals surface area (Å²) >= 11 is 1.58. The van der Waals surface area contributed by atoms with Crippen LogP contribution in [-0.2, 0) is 0 Å². The van der Waals surface area contributed by atoms with Crippen LogP contribution in [0.3, 0.4) is 0 Å². The number of nitrogens with zero attached hydrogens (tertiary/aromatic N) is 3. The summed E-state index contributed by atoms with van der Waals surface area (Å²) in [5.74, 6) is 2.32. The number of thiazole rings is 1. The molecule has 0 unspecified atom stereocenters. The molecule has 0 amide bonds. The highest BCUT2D eigenvalue weighted by Crippen LogP contribution is 2.37. The topological polar surface area (TPSA) is 48.7 Å². The van der Waals surface area contributed by atoms with E-state index in [2.05, 4.69) is 32.1 Å². The maximum Gasteiger partial charge on any atom is 0.231 e. The molecule has 0 radical (unpaired) electrons. The minimum absolute atomic E-state index is 0.266. The molecule has 5 rings (SSSR count). The molecule has 4 aromatic rings. The Morgan fingerprint density at radius 2 is 1.78 bits per heavy atom. The van der Waals surface area contributed by atoms with Crippen molar-refractivity contribution in [1.82, 2.24) is 14.6 Å². The van der Waals surface area contributed by atoms with Crippen molar-refractivity contribution in [3.05, 3.63) is 53.9 Å². The second-order valence-electron chi connectivity index (χ2n) is 5.20. The molecule has 0 spiro atoms. The van der Waals surface area contributed by atoms with Crippen LogP contribution in [0.5, 0.6) is 11.5 Å². The standard InChI is InChI=1S/C17H11N3O2S/c1-2-4-11(5-3-1)13-9-23-17-19-18-16(20(13)17)12-6-7-14-15(8-12)22-10-21-14/h1-9H,10H2. The fraction of sp³-hybridized carbons (Fsp3) is 0.0588. The van der Waals surface area contributed by atoms with E-state index < -0.39 is 0 Å². The van der Waals surface area contributed by atoms with Crippen LogP contribution >= 0.6 is 11.3 Å². The van der Waals surface area contributed by atoms with Crippen LogP contribution < -0.4 is 9.47 Å². The zero-order valence-corrected chi connectivity index (χ0v) is 12.8. The summed E-state index contributed by atoms with van der Waals surface area (Å²) in [5.41, 5.74) is 3.18. The predicted molar refractivity (Wildman–Crippen MR) is 87.9 cm³/mol. The summed E-state index contributed by atoms with van der Waals surface area (Å²) in [5, 5.41) is 10.8. The smallest absolute Gasteiger partial charge is 0.231 e. The first-order chi connectivity index (χ1) is 11.4. The maximum atomic E-state index is 5.47. The van der Waals surface area contributed by atoms with Gasteiger partial charge in [-0.05, 0) is 23.8 Å². The molecule has 0 saturated carbocycles. The predicted octanol–water partition coefficient (Wildman–Crippen LogP) is 3.85. The van der Waals surface area contributed by atoms with Gasteiger partial charge in [0.2, 0.25) is 11.8 Å². The molecule has 6 heteroatoms. The molecule has 2 aromatic carbocycles. The van der Waals surface area contributed by atoms with Crippen LogP contribution in [-0.4, -0.2) is 21.4 Å². The van der Waals surface area contributed by atoms with E-state index in [1.807, 2.05) is 36.4 Å². The Bertz CT molecular complexity index is 1010. The lowest BCUT2D eigenvalue weighted by Crippen LogP contribution is -1.93. The summed E-state index contributed by atoms with van der Waals surface area (Å²) in [6.07, 6.45) is 0. The van der Waals surface area contributed by atoms with Crippen molar-refractivity contribution < 1.29 is 9.47 Å². The minimum atomic E-state index is 0.266. The van der Waals surface area contributed by atoms with E-state index in [0.717, 1.165) is 39.1 Å². The average Bonchev–Trinajstić information content (AvgIpc) is 3.30. The van der Waals surface area contributed by atoms with Crippen molar-refractivity contribution in [3.63, 3.8) is 0 Å². The first kappa shape index (κ1) is 12.7. The molecule has 23 heavy (non-hydrogen) atoms. The largest absolute Gasteiger partial charge is 0.454 e. The third kappa shape index (κ3) is 1.92. The second kappa shape index (κ2) is 4.82. The lowest BCUT2D eigenvalue weighted by atomic mass is 10.1. The van der Waals surface area contributed by atoms with Crippen molar-refractivity contribution in [2.24, 2.45) is 0 Å². The SMILES string of the molecule is c1ccc(-c2csc3nnc(-c4ccc5c(c4)OCO5)n23)cc1. The van der Waals surface area contributed by atoms with Gasteiger partial charge in [-0.15, -0.1) is 21.5 Å². The first-order valence-corrected chi connectivity index (χ1v) is 8.06. The van der Waals surface area contributed by atoms with Gasteiger partial charge in [-0.1, -0.05) is 30.3 Å². The maximum absolute atomic E-state index is 5.47. The van der Waals surface area contributed by atoms with E-state index in [-0.39, 0.29) is 6.79 Å². The van der Waals surface area contributed by atoms with Gasteiger partial charge in [0.1, 0.15) is 0 Å². The van der Waals surface area contributed by atoms with Gasteiger partial charge < -0.3 is 9.47 Å². The molecule has 1 aliphatic rings. The lowest BCUT2D eigenvalue weighted by molar-refractivity contribution is 0.174. The molecular formula is C17H11N3O2S. The molecule has 0 aliphatic carbocycles. The van der Waals surface area contributed by atoms with E-state index in [0.29, 0.717) is 0 Å². The Morgan fingerprint density at radius 1 is 0.913 bits per heavy atom. The third-order valence-electron chi connectivity index (χ3n) is 3.85. The number of fused-ring (bicyclic) bond motifs is 2. The van der Waals surface area contributed by atoms with Crippen LogP contribution in [0.15, 0.2) is 53.9 Å². The Labute approximate surface area is 135 Å². The van der Waals surface area contributed by atoms with E-state index in [1.54, 1.807) is 11.3 Å². The molecule has 0 N–H and O–H groups in total. The zero-order chi connectivity index (χ0) is 15.2. The quantitative estimate of drug-likeness (QED) is 0.562. The van der Waals surface area contributed by atoms with Crippen molar-refractivity contribution in [1.29, 1.82) is 0 Å². The van der Waals surface area contributed by atoms with Gasteiger partial charge in [0.25, 0.3) is 0 Å². The molecule has 0 fully saturated rings. The van der Waals surface area contributed by atoms with Gasteiger partial charge >= 0.3 is 0 Å². The van der Waals surface area contributed by atoms with Gasteiger partial charge in [-0.2, -0.15) is 0 Å². The van der Waals surface area contributed by atoms with E-state index >= 15 is 0 Å². The molecule has 1 aliphatic heterocycles. The Balaban J connectivity index is 1.72. The number of aromatic nitrogens is 3. The number of ether oxygens (including phenoxy) is 2. The van der Waals surface area contributed by atoms with E-state index in [4.69, 9.17) is 9.47 Å². The highest BCUT2D eigenvalue weighted by molar-refractivity contribution is 7.15. The van der Waals surface area contributed by atoms with Crippen molar-refractivity contribution in [3.8, 4) is 34.1 Å².